The van der Waals surface area contributed by atoms with Crippen molar-refractivity contribution in [1.82, 2.24) is 5.32 Å². The van der Waals surface area contributed by atoms with E-state index in [1.165, 1.54) is 199 Å². The number of amides is 1. The minimum atomic E-state index is -1.78. The number of unbranched alkanes of at least 4 members (excludes halogenated alkanes) is 36. The second kappa shape index (κ2) is 45.7. The second-order valence-electron chi connectivity index (χ2n) is 21.8. The van der Waals surface area contributed by atoms with Crippen LogP contribution in [0, 0.1) is 0 Å². The van der Waals surface area contributed by atoms with E-state index < -0.39 is 86.8 Å². The summed E-state index contributed by atoms with van der Waals surface area (Å²) >= 11 is 0. The number of hydrogen-bond acceptors (Lipinski definition) is 13. The molecule has 2 saturated heterocycles. The first-order valence-electron chi connectivity index (χ1n) is 30.4. The van der Waals surface area contributed by atoms with Gasteiger partial charge in [-0.2, -0.15) is 0 Å². The molecule has 2 heterocycles. The van der Waals surface area contributed by atoms with Crippen LogP contribution in [0.3, 0.4) is 0 Å². The van der Waals surface area contributed by atoms with Crippen LogP contribution in [-0.4, -0.2) is 140 Å². The van der Waals surface area contributed by atoms with Crippen LogP contribution in [0.2, 0.25) is 0 Å². The van der Waals surface area contributed by atoms with Gasteiger partial charge in [0.2, 0.25) is 5.91 Å². The number of nitrogens with one attached hydrogen (secondary N) is 1. The minimum absolute atomic E-state index is 0.234. The Balaban J connectivity index is 1.69. The third-order valence-corrected chi connectivity index (χ3v) is 15.2. The molecule has 2 fully saturated rings. The van der Waals surface area contributed by atoms with E-state index in [2.05, 4.69) is 19.2 Å². The van der Waals surface area contributed by atoms with Crippen molar-refractivity contribution in [2.24, 2.45) is 0 Å². The Kier molecular flexibility index (Phi) is 42.5. The summed E-state index contributed by atoms with van der Waals surface area (Å²) < 4.78 is 22.8. The van der Waals surface area contributed by atoms with E-state index in [0.29, 0.717) is 6.42 Å². The lowest BCUT2D eigenvalue weighted by atomic mass is 9.97. The zero-order chi connectivity index (χ0) is 53.2. The third-order valence-electron chi connectivity index (χ3n) is 15.2. The van der Waals surface area contributed by atoms with Crippen molar-refractivity contribution in [3.05, 3.63) is 12.2 Å². The van der Waals surface area contributed by atoms with E-state index >= 15 is 0 Å². The molecule has 12 atom stereocenters. The normalized spacial score (nSPS) is 25.4. The molecule has 0 bridgehead atoms. The summed E-state index contributed by atoms with van der Waals surface area (Å²) in [6.45, 7) is 2.82. The molecule has 1 amide bonds. The van der Waals surface area contributed by atoms with Gasteiger partial charge in [0.25, 0.3) is 0 Å². The first-order chi connectivity index (χ1) is 35.6. The Morgan fingerprint density at radius 1 is 0.479 bits per heavy atom. The molecule has 0 aromatic carbocycles. The SMILES string of the molecule is CCCCCCCCCCCCC/C=C/C(O)C(COC1OC(CO)C(OC2OC(CO)C(O)C(O)C2O)C(O)C1O)NC(=O)CCCCCCCCCCCCCCCCCCCCCCCCCCCC. The van der Waals surface area contributed by atoms with Crippen LogP contribution >= 0.6 is 0 Å². The number of carbonyl (C=O) groups is 1. The molecule has 0 saturated carbocycles. The van der Waals surface area contributed by atoms with Gasteiger partial charge in [0.15, 0.2) is 12.6 Å². The number of aliphatic hydroxyl groups is 8. The molecular weight excluding hydrogens is 931 g/mol. The molecule has 14 nitrogen and oxygen atoms in total. The molecule has 432 valence electrons. The van der Waals surface area contributed by atoms with Crippen molar-refractivity contribution < 1.29 is 64.6 Å². The standard InChI is InChI=1S/C59H113NO13/c1-3-5-7-9-11-13-15-17-18-19-20-21-22-23-24-25-26-27-28-29-31-33-35-37-39-41-43-51(64)60-47(48(63)42-40-38-36-34-32-30-16-14-12-10-8-6-4-2)46-70-58-56(69)54(67)57(50(45-62)72-58)73-59-55(68)53(66)52(65)49(44-61)71-59/h40,42,47-50,52-59,61-63,65-69H,3-39,41,43-46H2,1-2H3,(H,60,64)/b42-40+. The number of carbonyl (C=O) groups excluding carboxylic acids is 1. The molecule has 0 aromatic heterocycles. The monoisotopic (exact) mass is 1040 g/mol. The van der Waals surface area contributed by atoms with Gasteiger partial charge in [-0.3, -0.25) is 4.79 Å². The van der Waals surface area contributed by atoms with Crippen LogP contribution in [0.1, 0.15) is 264 Å². The first-order valence-corrected chi connectivity index (χ1v) is 30.4. The molecule has 2 aliphatic heterocycles. The van der Waals surface area contributed by atoms with Crippen LogP contribution in [-0.2, 0) is 23.7 Å². The van der Waals surface area contributed by atoms with E-state index in [-0.39, 0.29) is 18.9 Å². The molecule has 73 heavy (non-hydrogen) atoms. The van der Waals surface area contributed by atoms with Crippen LogP contribution in [0.5, 0.6) is 0 Å². The Morgan fingerprint density at radius 3 is 1.26 bits per heavy atom. The van der Waals surface area contributed by atoms with Crippen molar-refractivity contribution in [2.75, 3.05) is 19.8 Å². The van der Waals surface area contributed by atoms with Crippen LogP contribution in [0.4, 0.5) is 0 Å². The van der Waals surface area contributed by atoms with Gasteiger partial charge in [0.1, 0.15) is 48.8 Å². The predicted octanol–water partition coefficient (Wildman–Crippen LogP) is 10.3. The van der Waals surface area contributed by atoms with E-state index in [9.17, 15) is 45.6 Å². The van der Waals surface area contributed by atoms with Gasteiger partial charge in [-0.1, -0.05) is 251 Å². The first kappa shape index (κ1) is 67.8. The zero-order valence-electron chi connectivity index (χ0n) is 46.4. The van der Waals surface area contributed by atoms with Crippen LogP contribution in [0.25, 0.3) is 0 Å². The van der Waals surface area contributed by atoms with Crippen molar-refractivity contribution in [3.63, 3.8) is 0 Å². The summed E-state index contributed by atoms with van der Waals surface area (Å²) in [5, 5.41) is 87.0. The van der Waals surface area contributed by atoms with E-state index in [4.69, 9.17) is 18.9 Å². The molecule has 9 N–H and O–H groups in total. The average Bonchev–Trinajstić information content (AvgIpc) is 3.39. The largest absolute Gasteiger partial charge is 0.394 e. The highest BCUT2D eigenvalue weighted by Gasteiger charge is 2.51. The summed E-state index contributed by atoms with van der Waals surface area (Å²) in [6.07, 6.45) is 35.5. The summed E-state index contributed by atoms with van der Waals surface area (Å²) in [7, 11) is 0. The molecule has 2 aliphatic rings. The van der Waals surface area contributed by atoms with Gasteiger partial charge < -0.3 is 65.1 Å². The topological polar surface area (TPSA) is 228 Å². The van der Waals surface area contributed by atoms with Gasteiger partial charge in [-0.05, 0) is 19.3 Å². The average molecular weight is 1040 g/mol. The lowest BCUT2D eigenvalue weighted by Crippen LogP contribution is -2.65. The molecule has 0 aromatic rings. The maximum Gasteiger partial charge on any atom is 0.220 e. The number of allylic oxidation sites excluding steroid dienone is 1. The molecule has 0 aliphatic carbocycles. The highest BCUT2D eigenvalue weighted by Crippen LogP contribution is 2.30. The number of rotatable bonds is 49. The highest BCUT2D eigenvalue weighted by atomic mass is 16.7. The predicted molar refractivity (Wildman–Crippen MR) is 291 cm³/mol. The fraction of sp³-hybridized carbons (Fsp3) is 0.949. The number of hydrogen-bond donors (Lipinski definition) is 9. The van der Waals surface area contributed by atoms with Crippen molar-refractivity contribution in [1.29, 1.82) is 0 Å². The lowest BCUT2D eigenvalue weighted by molar-refractivity contribution is -0.359. The molecule has 0 radical (unpaired) electrons. The third kappa shape index (κ3) is 31.7. The van der Waals surface area contributed by atoms with Crippen LogP contribution < -0.4 is 5.32 Å². The van der Waals surface area contributed by atoms with Gasteiger partial charge in [-0.25, -0.2) is 0 Å². The molecule has 0 spiro atoms. The highest BCUT2D eigenvalue weighted by molar-refractivity contribution is 5.76. The van der Waals surface area contributed by atoms with E-state index in [1.54, 1.807) is 6.08 Å². The smallest absolute Gasteiger partial charge is 0.220 e. The van der Waals surface area contributed by atoms with Crippen molar-refractivity contribution in [3.8, 4) is 0 Å². The Hall–Kier alpha value is -1.27. The second-order valence-corrected chi connectivity index (χ2v) is 21.8. The summed E-state index contributed by atoms with van der Waals surface area (Å²) in [4.78, 5) is 13.2. The van der Waals surface area contributed by atoms with Crippen molar-refractivity contribution >= 4 is 5.91 Å². The van der Waals surface area contributed by atoms with Crippen LogP contribution in [0.15, 0.2) is 12.2 Å². The molecule has 14 heteroatoms. The Labute approximate surface area is 444 Å². The molecule has 12 unspecified atom stereocenters. The minimum Gasteiger partial charge on any atom is -0.394 e. The van der Waals surface area contributed by atoms with Gasteiger partial charge >= 0.3 is 0 Å². The van der Waals surface area contributed by atoms with Gasteiger partial charge in [-0.15, -0.1) is 0 Å². The number of aliphatic hydroxyl groups excluding tert-OH is 8. The fourth-order valence-corrected chi connectivity index (χ4v) is 10.3. The fourth-order valence-electron chi connectivity index (χ4n) is 10.3. The summed E-state index contributed by atoms with van der Waals surface area (Å²) in [6, 6.07) is -0.909. The maximum atomic E-state index is 13.2. The lowest BCUT2D eigenvalue weighted by Gasteiger charge is -2.46. The number of ether oxygens (including phenoxy) is 4. The van der Waals surface area contributed by atoms with E-state index in [0.717, 1.165) is 38.5 Å². The van der Waals surface area contributed by atoms with Crippen molar-refractivity contribution in [2.45, 2.75) is 338 Å². The quantitative estimate of drug-likeness (QED) is 0.0204. The summed E-state index contributed by atoms with van der Waals surface area (Å²) in [5.41, 5.74) is 0. The van der Waals surface area contributed by atoms with E-state index in [1.807, 2.05) is 6.08 Å². The zero-order valence-corrected chi connectivity index (χ0v) is 46.4. The summed E-state index contributed by atoms with van der Waals surface area (Å²) in [5.74, 6) is -0.234. The Bertz CT molecular complexity index is 1280. The maximum absolute atomic E-state index is 13.2. The molecular formula is C59H113NO13. The Morgan fingerprint density at radius 2 is 0.849 bits per heavy atom. The molecule has 2 rings (SSSR count). The van der Waals surface area contributed by atoms with Gasteiger partial charge in [0, 0.05) is 6.42 Å². The van der Waals surface area contributed by atoms with Gasteiger partial charge in [0.05, 0.1) is 32.0 Å².